The van der Waals surface area contributed by atoms with E-state index >= 15 is 0 Å². The molecule has 0 spiro atoms. The minimum Gasteiger partial charge on any atom is -0.0499 e. The lowest BCUT2D eigenvalue weighted by Gasteiger charge is -2.33. The van der Waals surface area contributed by atoms with Crippen LogP contribution in [0.2, 0.25) is 0 Å². The largest absolute Gasteiger partial charge is 0.0499 e. The molecule has 3 fully saturated rings. The monoisotopic (exact) mass is 160 g/mol. The standard InChI is InChI=1S/C12H16/c1-12(2)6-5-10-8-3-4-9(7-8)11(10)12/h1-2,8-11H,3-7H2. The van der Waals surface area contributed by atoms with Crippen molar-refractivity contribution in [2.75, 3.05) is 0 Å². The van der Waals surface area contributed by atoms with Crippen LogP contribution in [0.1, 0.15) is 32.1 Å². The van der Waals surface area contributed by atoms with E-state index in [1.54, 1.807) is 0 Å². The van der Waals surface area contributed by atoms with Gasteiger partial charge in [0.2, 0.25) is 0 Å². The number of fused-ring (bicyclic) bond motifs is 5. The SMILES string of the molecule is [CH]C1([CH])CCC2C3CCC(C3)C21. The van der Waals surface area contributed by atoms with Crippen LogP contribution in [0.4, 0.5) is 0 Å². The Hall–Kier alpha value is 0. The maximum atomic E-state index is 6.13. The Morgan fingerprint density at radius 3 is 2.50 bits per heavy atom. The minimum atomic E-state index is -0.301. The molecule has 0 aromatic carbocycles. The van der Waals surface area contributed by atoms with Crippen molar-refractivity contribution in [1.29, 1.82) is 0 Å². The summed E-state index contributed by atoms with van der Waals surface area (Å²) in [6.45, 7) is 12.3. The Labute approximate surface area is 75.7 Å². The number of rotatable bonds is 0. The first-order chi connectivity index (χ1) is 5.68. The van der Waals surface area contributed by atoms with E-state index < -0.39 is 0 Å². The van der Waals surface area contributed by atoms with Gasteiger partial charge in [-0.1, -0.05) is 0 Å². The average Bonchev–Trinajstić information content (AvgIpc) is 2.61. The molecule has 0 aliphatic heterocycles. The highest BCUT2D eigenvalue weighted by Crippen LogP contribution is 2.64. The van der Waals surface area contributed by atoms with Crippen molar-refractivity contribution in [1.82, 2.24) is 0 Å². The zero-order valence-corrected chi connectivity index (χ0v) is 7.50. The minimum absolute atomic E-state index is 0.301. The maximum absolute atomic E-state index is 6.13. The molecule has 0 amide bonds. The van der Waals surface area contributed by atoms with Crippen molar-refractivity contribution < 1.29 is 0 Å². The molecule has 0 heteroatoms. The van der Waals surface area contributed by atoms with Gasteiger partial charge in [0, 0.05) is 0 Å². The predicted octanol–water partition coefficient (Wildman–Crippen LogP) is 2.85. The van der Waals surface area contributed by atoms with Crippen LogP contribution < -0.4 is 0 Å². The summed E-state index contributed by atoms with van der Waals surface area (Å²) in [7, 11) is 0. The first-order valence-electron chi connectivity index (χ1n) is 5.26. The summed E-state index contributed by atoms with van der Waals surface area (Å²) in [6.07, 6.45) is 6.67. The third-order valence-corrected chi connectivity index (χ3v) is 4.62. The van der Waals surface area contributed by atoms with Crippen LogP contribution in [0.15, 0.2) is 0 Å². The summed E-state index contributed by atoms with van der Waals surface area (Å²) in [5.41, 5.74) is -0.301. The topological polar surface area (TPSA) is 0 Å². The van der Waals surface area contributed by atoms with E-state index in [4.69, 9.17) is 13.8 Å². The first kappa shape index (κ1) is 7.41. The molecule has 3 saturated carbocycles. The Bertz CT molecular complexity index is 204. The average molecular weight is 160 g/mol. The van der Waals surface area contributed by atoms with Gasteiger partial charge in [0.25, 0.3) is 0 Å². The van der Waals surface area contributed by atoms with Crippen molar-refractivity contribution in [2.24, 2.45) is 29.1 Å². The van der Waals surface area contributed by atoms with E-state index in [1.165, 1.54) is 25.7 Å². The molecule has 2 bridgehead atoms. The van der Waals surface area contributed by atoms with Gasteiger partial charge in [-0.2, -0.15) is 0 Å². The molecule has 0 aromatic rings. The van der Waals surface area contributed by atoms with Crippen LogP contribution in [-0.4, -0.2) is 0 Å². The molecule has 3 aliphatic carbocycles. The molecular formula is C12H16. The fourth-order valence-electron chi connectivity index (χ4n) is 4.25. The van der Waals surface area contributed by atoms with E-state index in [0.717, 1.165) is 24.2 Å². The maximum Gasteiger partial charge on any atom is -0.0195 e. The van der Waals surface area contributed by atoms with Crippen LogP contribution in [0.3, 0.4) is 0 Å². The third-order valence-electron chi connectivity index (χ3n) is 4.62. The van der Waals surface area contributed by atoms with Gasteiger partial charge in [-0.25, -0.2) is 0 Å². The van der Waals surface area contributed by atoms with Crippen LogP contribution in [0.5, 0.6) is 0 Å². The highest BCUT2D eigenvalue weighted by atomic mass is 14.6. The molecule has 4 atom stereocenters. The highest BCUT2D eigenvalue weighted by Gasteiger charge is 2.56. The summed E-state index contributed by atoms with van der Waals surface area (Å²) in [5, 5.41) is 0. The molecule has 3 rings (SSSR count). The van der Waals surface area contributed by atoms with E-state index in [2.05, 4.69) is 0 Å². The molecule has 0 heterocycles. The summed E-state index contributed by atoms with van der Waals surface area (Å²) in [4.78, 5) is 0. The smallest absolute Gasteiger partial charge is 0.0195 e. The van der Waals surface area contributed by atoms with E-state index in [-0.39, 0.29) is 5.41 Å². The second kappa shape index (κ2) is 2.08. The van der Waals surface area contributed by atoms with Crippen molar-refractivity contribution in [2.45, 2.75) is 32.1 Å². The van der Waals surface area contributed by atoms with Gasteiger partial charge in [0.1, 0.15) is 0 Å². The lowest BCUT2D eigenvalue weighted by Crippen LogP contribution is -2.27. The zero-order valence-electron chi connectivity index (χ0n) is 7.50. The van der Waals surface area contributed by atoms with E-state index in [9.17, 15) is 0 Å². The fourth-order valence-corrected chi connectivity index (χ4v) is 4.25. The second-order valence-electron chi connectivity index (χ2n) is 5.17. The van der Waals surface area contributed by atoms with Crippen LogP contribution in [-0.2, 0) is 0 Å². The van der Waals surface area contributed by atoms with Crippen molar-refractivity contribution in [3.63, 3.8) is 0 Å². The highest BCUT2D eigenvalue weighted by molar-refractivity contribution is 5.10. The Balaban J connectivity index is 1.95. The number of hydrogen-bond donors (Lipinski definition) is 0. The van der Waals surface area contributed by atoms with Crippen molar-refractivity contribution in [3.8, 4) is 0 Å². The van der Waals surface area contributed by atoms with Gasteiger partial charge in [0.05, 0.1) is 0 Å². The zero-order chi connectivity index (χ0) is 8.34. The van der Waals surface area contributed by atoms with Gasteiger partial charge >= 0.3 is 0 Å². The second-order valence-corrected chi connectivity index (χ2v) is 5.17. The van der Waals surface area contributed by atoms with Gasteiger partial charge < -0.3 is 0 Å². The van der Waals surface area contributed by atoms with Gasteiger partial charge in [-0.3, -0.25) is 0 Å². The van der Waals surface area contributed by atoms with Crippen molar-refractivity contribution in [3.05, 3.63) is 13.8 Å². The molecule has 0 nitrogen and oxygen atoms in total. The Kier molecular flexibility index (Phi) is 1.28. The van der Waals surface area contributed by atoms with Gasteiger partial charge in [0.15, 0.2) is 0 Å². The molecule has 64 valence electrons. The number of hydrogen-bond acceptors (Lipinski definition) is 0. The molecule has 0 N–H and O–H groups in total. The summed E-state index contributed by atoms with van der Waals surface area (Å²) in [5.74, 6) is 3.46. The molecule has 3 aliphatic rings. The van der Waals surface area contributed by atoms with Gasteiger partial charge in [-0.15, -0.1) is 0 Å². The Morgan fingerprint density at radius 1 is 1.00 bits per heavy atom. The van der Waals surface area contributed by atoms with E-state index in [1.807, 2.05) is 0 Å². The molecular weight excluding hydrogens is 144 g/mol. The van der Waals surface area contributed by atoms with Gasteiger partial charge in [-0.05, 0) is 75.0 Å². The molecule has 4 radical (unpaired) electrons. The van der Waals surface area contributed by atoms with Crippen LogP contribution in [0.25, 0.3) is 0 Å². The first-order valence-corrected chi connectivity index (χ1v) is 5.26. The Morgan fingerprint density at radius 2 is 1.75 bits per heavy atom. The molecule has 4 unspecified atom stereocenters. The summed E-state index contributed by atoms with van der Waals surface area (Å²) >= 11 is 0. The normalized spacial score (nSPS) is 54.5. The van der Waals surface area contributed by atoms with E-state index in [0.29, 0.717) is 5.92 Å². The summed E-state index contributed by atoms with van der Waals surface area (Å²) in [6, 6.07) is 0. The molecule has 12 heavy (non-hydrogen) atoms. The molecule has 0 saturated heterocycles. The van der Waals surface area contributed by atoms with Crippen LogP contribution >= 0.6 is 0 Å². The molecule has 0 aromatic heterocycles. The quantitative estimate of drug-likeness (QED) is 0.511. The fraction of sp³-hybridized carbons (Fsp3) is 0.833. The van der Waals surface area contributed by atoms with Crippen molar-refractivity contribution >= 4 is 0 Å². The predicted molar refractivity (Wildman–Crippen MR) is 48.1 cm³/mol. The summed E-state index contributed by atoms with van der Waals surface area (Å²) < 4.78 is 0. The lowest BCUT2D eigenvalue weighted by molar-refractivity contribution is 0.190. The third kappa shape index (κ3) is 0.744. The lowest BCUT2D eigenvalue weighted by atomic mass is 9.71. The van der Waals surface area contributed by atoms with Crippen LogP contribution in [0, 0.1) is 42.9 Å².